The van der Waals surface area contributed by atoms with Gasteiger partial charge >= 0.3 is 0 Å². The first-order valence-electron chi connectivity index (χ1n) is 9.16. The molecule has 3 N–H and O–H groups in total. The molecular formula is C19H29FN4O. The molecule has 25 heavy (non-hydrogen) atoms. The number of carbonyl (C=O) groups excluding carboxylic acids is 1. The fourth-order valence-electron chi connectivity index (χ4n) is 3.11. The molecule has 2 rings (SSSR count). The zero-order valence-electron chi connectivity index (χ0n) is 15.0. The van der Waals surface area contributed by atoms with Crippen molar-refractivity contribution in [2.75, 3.05) is 26.7 Å². The minimum absolute atomic E-state index is 0.170. The number of hydrogen-bond donors (Lipinski definition) is 3. The summed E-state index contributed by atoms with van der Waals surface area (Å²) in [4.78, 5) is 16.2. The fraction of sp³-hybridized carbons (Fsp3) is 0.579. The van der Waals surface area contributed by atoms with Crippen LogP contribution in [-0.4, -0.2) is 38.5 Å². The van der Waals surface area contributed by atoms with Crippen LogP contribution in [0.15, 0.2) is 29.3 Å². The standard InChI is InChI=1S/C19H29FN4O/c1-21-19(23-12-11-15-7-5-6-10-17(15)20)24-14-13-22-18(25)16-8-3-2-4-9-16/h5-7,10,16H,2-4,8-9,11-14H2,1H3,(H,22,25)(H2,21,23,24). The largest absolute Gasteiger partial charge is 0.356 e. The number of aliphatic imine (C=N–C) groups is 1. The highest BCUT2D eigenvalue weighted by Gasteiger charge is 2.20. The van der Waals surface area contributed by atoms with Gasteiger partial charge in [-0.15, -0.1) is 0 Å². The molecule has 0 unspecified atom stereocenters. The maximum atomic E-state index is 13.6. The lowest BCUT2D eigenvalue weighted by molar-refractivity contribution is -0.125. The minimum Gasteiger partial charge on any atom is -0.356 e. The van der Waals surface area contributed by atoms with Gasteiger partial charge in [0.1, 0.15) is 5.82 Å². The third kappa shape index (κ3) is 6.72. The highest BCUT2D eigenvalue weighted by Crippen LogP contribution is 2.23. The molecular weight excluding hydrogens is 319 g/mol. The van der Waals surface area contributed by atoms with Crippen LogP contribution in [0, 0.1) is 11.7 Å². The third-order valence-corrected chi connectivity index (χ3v) is 4.56. The van der Waals surface area contributed by atoms with Crippen LogP contribution in [0.2, 0.25) is 0 Å². The Morgan fingerprint density at radius 2 is 1.76 bits per heavy atom. The lowest BCUT2D eigenvalue weighted by atomic mass is 9.89. The normalized spacial score (nSPS) is 15.7. The Labute approximate surface area is 149 Å². The first-order valence-corrected chi connectivity index (χ1v) is 9.16. The monoisotopic (exact) mass is 348 g/mol. The van der Waals surface area contributed by atoms with Gasteiger partial charge in [-0.1, -0.05) is 37.5 Å². The molecule has 0 spiro atoms. The van der Waals surface area contributed by atoms with Gasteiger partial charge in [0.25, 0.3) is 0 Å². The molecule has 0 saturated heterocycles. The number of amides is 1. The van der Waals surface area contributed by atoms with Crippen molar-refractivity contribution in [3.63, 3.8) is 0 Å². The van der Waals surface area contributed by atoms with Gasteiger partial charge in [-0.25, -0.2) is 4.39 Å². The second-order valence-corrected chi connectivity index (χ2v) is 6.39. The van der Waals surface area contributed by atoms with Crippen molar-refractivity contribution in [2.24, 2.45) is 10.9 Å². The Kier molecular flexibility index (Phi) is 8.22. The molecule has 0 aliphatic heterocycles. The molecule has 1 aromatic carbocycles. The summed E-state index contributed by atoms with van der Waals surface area (Å²) in [6.07, 6.45) is 6.19. The summed E-state index contributed by atoms with van der Waals surface area (Å²) in [6.45, 7) is 1.77. The number of hydrogen-bond acceptors (Lipinski definition) is 2. The van der Waals surface area contributed by atoms with Crippen LogP contribution >= 0.6 is 0 Å². The molecule has 138 valence electrons. The summed E-state index contributed by atoms with van der Waals surface area (Å²) in [7, 11) is 1.69. The predicted molar refractivity (Wildman–Crippen MR) is 99.1 cm³/mol. The van der Waals surface area contributed by atoms with Crippen molar-refractivity contribution in [2.45, 2.75) is 38.5 Å². The van der Waals surface area contributed by atoms with Gasteiger partial charge in [0, 0.05) is 32.6 Å². The topological polar surface area (TPSA) is 65.5 Å². The molecule has 1 amide bonds. The average molecular weight is 348 g/mol. The van der Waals surface area contributed by atoms with Crippen molar-refractivity contribution >= 4 is 11.9 Å². The quantitative estimate of drug-likeness (QED) is 0.402. The number of carbonyl (C=O) groups is 1. The van der Waals surface area contributed by atoms with Crippen LogP contribution in [0.4, 0.5) is 4.39 Å². The highest BCUT2D eigenvalue weighted by molar-refractivity contribution is 5.80. The number of benzene rings is 1. The van der Waals surface area contributed by atoms with Crippen molar-refractivity contribution in [1.29, 1.82) is 0 Å². The molecule has 0 atom stereocenters. The summed E-state index contributed by atoms with van der Waals surface area (Å²) >= 11 is 0. The van der Waals surface area contributed by atoms with Crippen molar-refractivity contribution in [1.82, 2.24) is 16.0 Å². The van der Waals surface area contributed by atoms with Crippen LogP contribution in [0.5, 0.6) is 0 Å². The zero-order chi connectivity index (χ0) is 17.9. The fourth-order valence-corrected chi connectivity index (χ4v) is 3.11. The Balaban J connectivity index is 1.60. The molecule has 0 bridgehead atoms. The Bertz CT molecular complexity index is 570. The number of guanidine groups is 1. The summed E-state index contributed by atoms with van der Waals surface area (Å²) in [5.41, 5.74) is 0.685. The average Bonchev–Trinajstić information content (AvgIpc) is 2.65. The van der Waals surface area contributed by atoms with E-state index in [1.54, 1.807) is 19.2 Å². The third-order valence-electron chi connectivity index (χ3n) is 4.56. The van der Waals surface area contributed by atoms with Crippen LogP contribution in [0.3, 0.4) is 0 Å². The molecule has 1 fully saturated rings. The molecule has 0 heterocycles. The molecule has 6 heteroatoms. The van der Waals surface area contributed by atoms with Crippen molar-refractivity contribution in [3.8, 4) is 0 Å². The van der Waals surface area contributed by atoms with Crippen LogP contribution in [0.25, 0.3) is 0 Å². The summed E-state index contributed by atoms with van der Waals surface area (Å²) < 4.78 is 13.6. The van der Waals surface area contributed by atoms with E-state index in [4.69, 9.17) is 0 Å². The second kappa shape index (κ2) is 10.7. The highest BCUT2D eigenvalue weighted by atomic mass is 19.1. The predicted octanol–water partition coefficient (Wildman–Crippen LogP) is 2.23. The molecule has 0 aromatic heterocycles. The zero-order valence-corrected chi connectivity index (χ0v) is 15.0. The summed E-state index contributed by atoms with van der Waals surface area (Å²) in [5, 5.41) is 9.30. The first kappa shape index (κ1) is 19.2. The summed E-state index contributed by atoms with van der Waals surface area (Å²) in [6, 6.07) is 6.78. The Hall–Kier alpha value is -2.11. The van der Waals surface area contributed by atoms with Gasteiger partial charge in [0.2, 0.25) is 5.91 Å². The van der Waals surface area contributed by atoms with E-state index in [0.29, 0.717) is 37.6 Å². The number of nitrogens with one attached hydrogen (secondary N) is 3. The maximum Gasteiger partial charge on any atom is 0.223 e. The van der Waals surface area contributed by atoms with Crippen LogP contribution in [0.1, 0.15) is 37.7 Å². The number of rotatable bonds is 7. The van der Waals surface area contributed by atoms with Gasteiger partial charge in [-0.3, -0.25) is 9.79 Å². The van der Waals surface area contributed by atoms with Crippen LogP contribution in [-0.2, 0) is 11.2 Å². The van der Waals surface area contributed by atoms with E-state index in [1.165, 1.54) is 12.5 Å². The molecule has 5 nitrogen and oxygen atoms in total. The van der Waals surface area contributed by atoms with Gasteiger partial charge in [-0.2, -0.15) is 0 Å². The van der Waals surface area contributed by atoms with E-state index in [-0.39, 0.29) is 17.6 Å². The van der Waals surface area contributed by atoms with Crippen molar-refractivity contribution in [3.05, 3.63) is 35.6 Å². The summed E-state index contributed by atoms with van der Waals surface area (Å²) in [5.74, 6) is 0.830. The number of halogens is 1. The Morgan fingerprint density at radius 3 is 2.48 bits per heavy atom. The molecule has 0 radical (unpaired) electrons. The molecule has 1 saturated carbocycles. The maximum absolute atomic E-state index is 13.6. The van der Waals surface area contributed by atoms with Gasteiger partial charge in [-0.05, 0) is 30.9 Å². The SMILES string of the molecule is CN=C(NCCNC(=O)C1CCCCC1)NCCc1ccccc1F. The van der Waals surface area contributed by atoms with Crippen LogP contribution < -0.4 is 16.0 Å². The second-order valence-electron chi connectivity index (χ2n) is 6.39. The molecule has 1 aliphatic rings. The van der Waals surface area contributed by atoms with Crippen molar-refractivity contribution < 1.29 is 9.18 Å². The lowest BCUT2D eigenvalue weighted by Crippen LogP contribution is -2.43. The smallest absolute Gasteiger partial charge is 0.223 e. The Morgan fingerprint density at radius 1 is 1.08 bits per heavy atom. The van der Waals surface area contributed by atoms with Gasteiger partial charge < -0.3 is 16.0 Å². The first-order chi connectivity index (χ1) is 12.2. The minimum atomic E-state index is -0.183. The molecule has 1 aromatic rings. The van der Waals surface area contributed by atoms with E-state index < -0.39 is 0 Å². The molecule has 1 aliphatic carbocycles. The van der Waals surface area contributed by atoms with E-state index in [1.807, 2.05) is 6.07 Å². The van der Waals surface area contributed by atoms with E-state index in [0.717, 1.165) is 25.7 Å². The van der Waals surface area contributed by atoms with E-state index >= 15 is 0 Å². The number of nitrogens with zero attached hydrogens (tertiary/aromatic N) is 1. The van der Waals surface area contributed by atoms with E-state index in [9.17, 15) is 9.18 Å². The van der Waals surface area contributed by atoms with Gasteiger partial charge in [0.15, 0.2) is 5.96 Å². The van der Waals surface area contributed by atoms with E-state index in [2.05, 4.69) is 20.9 Å². The van der Waals surface area contributed by atoms with Gasteiger partial charge in [0.05, 0.1) is 0 Å². The lowest BCUT2D eigenvalue weighted by Gasteiger charge is -2.21.